The summed E-state index contributed by atoms with van der Waals surface area (Å²) in [5.41, 5.74) is 1.30. The fourth-order valence-electron chi connectivity index (χ4n) is 2.06. The first-order valence-corrected chi connectivity index (χ1v) is 8.83. The van der Waals surface area contributed by atoms with Crippen molar-refractivity contribution >= 4 is 46.7 Å². The van der Waals surface area contributed by atoms with Gasteiger partial charge < -0.3 is 10.6 Å². The highest BCUT2D eigenvalue weighted by Gasteiger charge is 2.16. The van der Waals surface area contributed by atoms with Crippen molar-refractivity contribution in [1.82, 2.24) is 0 Å². The maximum atomic E-state index is 13.5. The SMILES string of the molecule is O=C(CSc1ccccc1F)Nc1ccc2c(c1)NC(=O)CS2. The van der Waals surface area contributed by atoms with Gasteiger partial charge in [0.25, 0.3) is 0 Å². The van der Waals surface area contributed by atoms with Gasteiger partial charge in [-0.1, -0.05) is 12.1 Å². The van der Waals surface area contributed by atoms with E-state index in [1.54, 1.807) is 30.3 Å². The molecule has 4 nitrogen and oxygen atoms in total. The Bertz CT molecular complexity index is 767. The number of amides is 2. The molecule has 2 aromatic rings. The Morgan fingerprint density at radius 1 is 1.30 bits per heavy atom. The lowest BCUT2D eigenvalue weighted by molar-refractivity contribution is -0.114. The molecular formula is C16H13FN2O2S2. The maximum Gasteiger partial charge on any atom is 0.234 e. The van der Waals surface area contributed by atoms with E-state index in [0.717, 1.165) is 16.7 Å². The van der Waals surface area contributed by atoms with Crippen molar-refractivity contribution in [3.05, 3.63) is 48.3 Å². The molecule has 1 heterocycles. The summed E-state index contributed by atoms with van der Waals surface area (Å²) in [6.45, 7) is 0. The van der Waals surface area contributed by atoms with E-state index in [1.807, 2.05) is 6.07 Å². The van der Waals surface area contributed by atoms with E-state index in [4.69, 9.17) is 0 Å². The van der Waals surface area contributed by atoms with Gasteiger partial charge in [-0.25, -0.2) is 4.39 Å². The average molecular weight is 348 g/mol. The minimum absolute atomic E-state index is 0.0546. The van der Waals surface area contributed by atoms with Crippen LogP contribution in [0.3, 0.4) is 0 Å². The van der Waals surface area contributed by atoms with Crippen LogP contribution in [0.1, 0.15) is 0 Å². The summed E-state index contributed by atoms with van der Waals surface area (Å²) in [6.07, 6.45) is 0. The van der Waals surface area contributed by atoms with Crippen LogP contribution in [0, 0.1) is 5.82 Å². The molecule has 2 amide bonds. The van der Waals surface area contributed by atoms with E-state index in [0.29, 0.717) is 22.0 Å². The Morgan fingerprint density at radius 3 is 2.96 bits per heavy atom. The second-order valence-electron chi connectivity index (χ2n) is 4.82. The zero-order valence-electron chi connectivity index (χ0n) is 12.0. The molecule has 0 aromatic heterocycles. The van der Waals surface area contributed by atoms with Gasteiger partial charge in [-0.3, -0.25) is 9.59 Å². The van der Waals surface area contributed by atoms with Gasteiger partial charge in [-0.15, -0.1) is 23.5 Å². The molecule has 0 saturated carbocycles. The summed E-state index contributed by atoms with van der Waals surface area (Å²) >= 11 is 2.61. The minimum Gasteiger partial charge on any atom is -0.325 e. The topological polar surface area (TPSA) is 58.2 Å². The molecule has 0 saturated heterocycles. The predicted octanol–water partition coefficient (Wildman–Crippen LogP) is 3.60. The van der Waals surface area contributed by atoms with Gasteiger partial charge in [0.15, 0.2) is 0 Å². The number of nitrogens with one attached hydrogen (secondary N) is 2. The largest absolute Gasteiger partial charge is 0.325 e. The van der Waals surface area contributed by atoms with Crippen molar-refractivity contribution in [2.24, 2.45) is 0 Å². The molecule has 0 radical (unpaired) electrons. The fourth-order valence-corrected chi connectivity index (χ4v) is 3.59. The molecule has 118 valence electrons. The smallest absolute Gasteiger partial charge is 0.234 e. The Kier molecular flexibility index (Phi) is 4.88. The number of rotatable bonds is 4. The normalized spacial score (nSPS) is 13.2. The first-order chi connectivity index (χ1) is 11.1. The monoisotopic (exact) mass is 348 g/mol. The van der Waals surface area contributed by atoms with Crippen molar-refractivity contribution in [2.75, 3.05) is 22.1 Å². The highest BCUT2D eigenvalue weighted by Crippen LogP contribution is 2.33. The number of benzene rings is 2. The van der Waals surface area contributed by atoms with Crippen molar-refractivity contribution in [3.63, 3.8) is 0 Å². The lowest BCUT2D eigenvalue weighted by Gasteiger charge is -2.17. The van der Waals surface area contributed by atoms with E-state index in [2.05, 4.69) is 10.6 Å². The molecule has 0 unspecified atom stereocenters. The highest BCUT2D eigenvalue weighted by molar-refractivity contribution is 8.00. The van der Waals surface area contributed by atoms with Gasteiger partial charge in [0.2, 0.25) is 11.8 Å². The van der Waals surface area contributed by atoms with E-state index in [1.165, 1.54) is 17.8 Å². The van der Waals surface area contributed by atoms with Gasteiger partial charge in [0.05, 0.1) is 17.2 Å². The van der Waals surface area contributed by atoms with Crippen LogP contribution in [0.25, 0.3) is 0 Å². The highest BCUT2D eigenvalue weighted by atomic mass is 32.2. The molecule has 0 bridgehead atoms. The maximum absolute atomic E-state index is 13.5. The molecule has 2 aromatic carbocycles. The standard InChI is InChI=1S/C16H13FN2O2S2/c17-11-3-1-2-4-13(11)22-8-15(20)18-10-5-6-14-12(7-10)19-16(21)9-23-14/h1-7H,8-9H2,(H,18,20)(H,19,21). The van der Waals surface area contributed by atoms with Crippen LogP contribution in [0.4, 0.5) is 15.8 Å². The molecule has 0 spiro atoms. The summed E-state index contributed by atoms with van der Waals surface area (Å²) < 4.78 is 13.5. The molecule has 2 N–H and O–H groups in total. The molecule has 23 heavy (non-hydrogen) atoms. The van der Waals surface area contributed by atoms with E-state index < -0.39 is 0 Å². The number of thioether (sulfide) groups is 2. The van der Waals surface area contributed by atoms with Crippen molar-refractivity contribution in [1.29, 1.82) is 0 Å². The Morgan fingerprint density at radius 2 is 2.13 bits per heavy atom. The molecule has 7 heteroatoms. The lowest BCUT2D eigenvalue weighted by atomic mass is 10.2. The van der Waals surface area contributed by atoms with Crippen LogP contribution in [0.2, 0.25) is 0 Å². The van der Waals surface area contributed by atoms with Crippen LogP contribution in [0.15, 0.2) is 52.3 Å². The molecule has 1 aliphatic rings. The zero-order valence-corrected chi connectivity index (χ0v) is 13.6. The van der Waals surface area contributed by atoms with Crippen LogP contribution < -0.4 is 10.6 Å². The summed E-state index contributed by atoms with van der Waals surface area (Å²) in [7, 11) is 0. The summed E-state index contributed by atoms with van der Waals surface area (Å²) in [4.78, 5) is 24.8. The van der Waals surface area contributed by atoms with Gasteiger partial charge in [-0.05, 0) is 30.3 Å². The predicted molar refractivity (Wildman–Crippen MR) is 91.5 cm³/mol. The summed E-state index contributed by atoms with van der Waals surface area (Å²) in [6, 6.07) is 11.7. The Hall–Kier alpha value is -1.99. The van der Waals surface area contributed by atoms with Crippen LogP contribution in [-0.2, 0) is 9.59 Å². The quantitative estimate of drug-likeness (QED) is 0.829. The third kappa shape index (κ3) is 4.05. The van der Waals surface area contributed by atoms with Gasteiger partial charge >= 0.3 is 0 Å². The van der Waals surface area contributed by atoms with Crippen molar-refractivity contribution < 1.29 is 14.0 Å². The Labute approximate surface area is 141 Å². The first kappa shape index (κ1) is 15.9. The third-order valence-electron chi connectivity index (χ3n) is 3.09. The molecule has 3 rings (SSSR count). The number of fused-ring (bicyclic) bond motifs is 1. The molecular weight excluding hydrogens is 335 g/mol. The van der Waals surface area contributed by atoms with E-state index >= 15 is 0 Å². The van der Waals surface area contributed by atoms with Crippen molar-refractivity contribution in [3.8, 4) is 0 Å². The van der Waals surface area contributed by atoms with Crippen LogP contribution >= 0.6 is 23.5 Å². The zero-order chi connectivity index (χ0) is 16.2. The van der Waals surface area contributed by atoms with Gasteiger partial charge in [0, 0.05) is 15.5 Å². The second kappa shape index (κ2) is 7.06. The number of hydrogen-bond acceptors (Lipinski definition) is 4. The van der Waals surface area contributed by atoms with Crippen molar-refractivity contribution in [2.45, 2.75) is 9.79 Å². The molecule has 0 fully saturated rings. The molecule has 1 aliphatic heterocycles. The molecule has 0 atom stereocenters. The minimum atomic E-state index is -0.334. The number of carbonyl (C=O) groups excluding carboxylic acids is 2. The fraction of sp³-hybridized carbons (Fsp3) is 0.125. The summed E-state index contributed by atoms with van der Waals surface area (Å²) in [5.74, 6) is -0.107. The summed E-state index contributed by atoms with van der Waals surface area (Å²) in [5, 5.41) is 5.53. The van der Waals surface area contributed by atoms with Gasteiger partial charge in [0.1, 0.15) is 5.82 Å². The van der Waals surface area contributed by atoms with Crippen LogP contribution in [-0.4, -0.2) is 23.3 Å². The number of carbonyl (C=O) groups is 2. The molecule has 0 aliphatic carbocycles. The van der Waals surface area contributed by atoms with E-state index in [-0.39, 0.29) is 23.4 Å². The average Bonchev–Trinajstić information content (AvgIpc) is 2.54. The first-order valence-electron chi connectivity index (χ1n) is 6.86. The second-order valence-corrected chi connectivity index (χ2v) is 6.85. The van der Waals surface area contributed by atoms with Crippen LogP contribution in [0.5, 0.6) is 0 Å². The number of hydrogen-bond donors (Lipinski definition) is 2. The van der Waals surface area contributed by atoms with E-state index in [9.17, 15) is 14.0 Å². The number of halogens is 1. The lowest BCUT2D eigenvalue weighted by Crippen LogP contribution is -2.19. The number of anilines is 2. The Balaban J connectivity index is 1.61. The van der Waals surface area contributed by atoms with Gasteiger partial charge in [-0.2, -0.15) is 0 Å². The third-order valence-corrected chi connectivity index (χ3v) is 5.21.